The first-order valence-corrected chi connectivity index (χ1v) is 8.71. The van der Waals surface area contributed by atoms with Gasteiger partial charge >= 0.3 is 0 Å². The molecule has 0 radical (unpaired) electrons. The van der Waals surface area contributed by atoms with Gasteiger partial charge in [0.25, 0.3) is 0 Å². The maximum absolute atomic E-state index is 12.2. The molecule has 0 aliphatic carbocycles. The third-order valence-corrected chi connectivity index (χ3v) is 4.00. The third kappa shape index (κ3) is 5.32. The molecular weight excluding hydrogens is 332 g/mol. The van der Waals surface area contributed by atoms with Crippen molar-refractivity contribution in [2.75, 3.05) is 18.5 Å². The van der Waals surface area contributed by atoms with Crippen molar-refractivity contribution >= 4 is 17.5 Å². The van der Waals surface area contributed by atoms with Crippen LogP contribution in [0.4, 0.5) is 5.69 Å². The van der Waals surface area contributed by atoms with Crippen molar-refractivity contribution in [1.82, 2.24) is 5.32 Å². The summed E-state index contributed by atoms with van der Waals surface area (Å²) in [7, 11) is 0. The minimum atomic E-state index is -0.390. The van der Waals surface area contributed by atoms with Gasteiger partial charge in [0, 0.05) is 13.2 Å². The summed E-state index contributed by atoms with van der Waals surface area (Å²) in [4.78, 5) is 24.1. The summed E-state index contributed by atoms with van der Waals surface area (Å²) in [6, 6.07) is 16.4. The fraction of sp³-hybridized carbons (Fsp3) is 0.300. The Morgan fingerprint density at radius 2 is 1.81 bits per heavy atom. The van der Waals surface area contributed by atoms with E-state index in [-0.39, 0.29) is 24.3 Å². The van der Waals surface area contributed by atoms with E-state index in [1.165, 1.54) is 0 Å². The van der Waals surface area contributed by atoms with Crippen molar-refractivity contribution in [3.63, 3.8) is 0 Å². The van der Waals surface area contributed by atoms with E-state index in [0.29, 0.717) is 23.7 Å². The first-order valence-electron chi connectivity index (χ1n) is 8.71. The van der Waals surface area contributed by atoms with Crippen LogP contribution in [0.3, 0.4) is 0 Å². The molecule has 1 fully saturated rings. The van der Waals surface area contributed by atoms with Crippen LogP contribution in [0, 0.1) is 0 Å². The predicted octanol–water partition coefficient (Wildman–Crippen LogP) is 3.10. The SMILES string of the molecule is O=C(CC(=O)Nc1ccccc1Oc1ccccc1)NCC1CCCO1. The molecule has 1 heterocycles. The fourth-order valence-electron chi connectivity index (χ4n) is 2.71. The third-order valence-electron chi connectivity index (χ3n) is 4.00. The molecule has 2 aromatic carbocycles. The second-order valence-electron chi connectivity index (χ2n) is 6.08. The zero-order valence-electron chi connectivity index (χ0n) is 14.4. The molecule has 1 aliphatic rings. The molecule has 0 bridgehead atoms. The molecule has 0 aromatic heterocycles. The number of carbonyl (C=O) groups is 2. The maximum Gasteiger partial charge on any atom is 0.233 e. The molecular formula is C20H22N2O4. The second kappa shape index (κ2) is 9.01. The molecule has 1 aliphatic heterocycles. The van der Waals surface area contributed by atoms with E-state index in [1.807, 2.05) is 36.4 Å². The molecule has 1 saturated heterocycles. The van der Waals surface area contributed by atoms with E-state index >= 15 is 0 Å². The molecule has 136 valence electrons. The minimum absolute atomic E-state index is 0.0574. The molecule has 6 nitrogen and oxygen atoms in total. The fourth-order valence-corrected chi connectivity index (χ4v) is 2.71. The number of amides is 2. The molecule has 2 N–H and O–H groups in total. The van der Waals surface area contributed by atoms with Gasteiger partial charge in [-0.2, -0.15) is 0 Å². The van der Waals surface area contributed by atoms with Crippen LogP contribution in [0.15, 0.2) is 54.6 Å². The molecule has 0 spiro atoms. The first kappa shape index (κ1) is 17.9. The van der Waals surface area contributed by atoms with Gasteiger partial charge in [0.2, 0.25) is 11.8 Å². The Morgan fingerprint density at radius 1 is 1.04 bits per heavy atom. The number of benzene rings is 2. The summed E-state index contributed by atoms with van der Waals surface area (Å²) in [5.41, 5.74) is 0.522. The summed E-state index contributed by atoms with van der Waals surface area (Å²) in [6.45, 7) is 1.18. The van der Waals surface area contributed by atoms with Crippen LogP contribution in [0.25, 0.3) is 0 Å². The molecule has 1 atom stereocenters. The lowest BCUT2D eigenvalue weighted by molar-refractivity contribution is -0.127. The summed E-state index contributed by atoms with van der Waals surface area (Å²) in [6.07, 6.45) is 1.77. The first-order chi connectivity index (χ1) is 12.7. The van der Waals surface area contributed by atoms with Gasteiger partial charge in [0.05, 0.1) is 11.8 Å². The zero-order valence-corrected chi connectivity index (χ0v) is 14.4. The summed E-state index contributed by atoms with van der Waals surface area (Å²) < 4.78 is 11.2. The second-order valence-corrected chi connectivity index (χ2v) is 6.08. The van der Waals surface area contributed by atoms with Crippen LogP contribution in [0.1, 0.15) is 19.3 Å². The van der Waals surface area contributed by atoms with E-state index < -0.39 is 0 Å². The molecule has 0 saturated carbocycles. The quantitative estimate of drug-likeness (QED) is 0.749. The molecule has 3 rings (SSSR count). The van der Waals surface area contributed by atoms with Gasteiger partial charge in [-0.25, -0.2) is 0 Å². The number of hydrogen-bond acceptors (Lipinski definition) is 4. The normalized spacial score (nSPS) is 16.1. The average Bonchev–Trinajstić information content (AvgIpc) is 3.16. The van der Waals surface area contributed by atoms with Crippen molar-refractivity contribution in [2.45, 2.75) is 25.4 Å². The number of nitrogens with one attached hydrogen (secondary N) is 2. The lowest BCUT2D eigenvalue weighted by atomic mass is 10.2. The van der Waals surface area contributed by atoms with Crippen LogP contribution < -0.4 is 15.4 Å². The van der Waals surface area contributed by atoms with Crippen molar-refractivity contribution in [1.29, 1.82) is 0 Å². The molecule has 6 heteroatoms. The standard InChI is InChI=1S/C20H22N2O4/c23-19(21-14-16-9-6-12-25-16)13-20(24)22-17-10-4-5-11-18(17)26-15-7-2-1-3-8-15/h1-5,7-8,10-11,16H,6,9,12-14H2,(H,21,23)(H,22,24). The Labute approximate surface area is 152 Å². The van der Waals surface area contributed by atoms with Gasteiger partial charge in [-0.3, -0.25) is 9.59 Å². The lowest BCUT2D eigenvalue weighted by Crippen LogP contribution is -2.34. The number of carbonyl (C=O) groups excluding carboxylic acids is 2. The predicted molar refractivity (Wildman–Crippen MR) is 98.2 cm³/mol. The smallest absolute Gasteiger partial charge is 0.233 e. The topological polar surface area (TPSA) is 76.7 Å². The van der Waals surface area contributed by atoms with Crippen LogP contribution >= 0.6 is 0 Å². The van der Waals surface area contributed by atoms with E-state index in [4.69, 9.17) is 9.47 Å². The highest BCUT2D eigenvalue weighted by Crippen LogP contribution is 2.29. The number of rotatable bonds is 7. The Morgan fingerprint density at radius 3 is 2.58 bits per heavy atom. The van der Waals surface area contributed by atoms with Crippen molar-refractivity contribution in [3.8, 4) is 11.5 Å². The van der Waals surface area contributed by atoms with E-state index in [9.17, 15) is 9.59 Å². The largest absolute Gasteiger partial charge is 0.455 e. The van der Waals surface area contributed by atoms with Gasteiger partial charge in [-0.15, -0.1) is 0 Å². The average molecular weight is 354 g/mol. The Hall–Kier alpha value is -2.86. The Balaban J connectivity index is 1.53. The number of anilines is 1. The number of hydrogen-bond donors (Lipinski definition) is 2. The monoisotopic (exact) mass is 354 g/mol. The van der Waals surface area contributed by atoms with Crippen LogP contribution in [0.5, 0.6) is 11.5 Å². The van der Waals surface area contributed by atoms with Crippen molar-refractivity contribution < 1.29 is 19.1 Å². The number of para-hydroxylation sites is 3. The van der Waals surface area contributed by atoms with Gasteiger partial charge in [-0.05, 0) is 37.1 Å². The minimum Gasteiger partial charge on any atom is -0.455 e. The van der Waals surface area contributed by atoms with Gasteiger partial charge in [0.15, 0.2) is 5.75 Å². The van der Waals surface area contributed by atoms with Crippen molar-refractivity contribution in [3.05, 3.63) is 54.6 Å². The van der Waals surface area contributed by atoms with Gasteiger partial charge in [0.1, 0.15) is 12.2 Å². The summed E-state index contributed by atoms with van der Waals surface area (Å²) in [5.74, 6) is 0.480. The van der Waals surface area contributed by atoms with Gasteiger partial charge in [-0.1, -0.05) is 30.3 Å². The highest BCUT2D eigenvalue weighted by Gasteiger charge is 2.17. The lowest BCUT2D eigenvalue weighted by Gasteiger charge is -2.13. The van der Waals surface area contributed by atoms with Crippen molar-refractivity contribution in [2.24, 2.45) is 0 Å². The Kier molecular flexibility index (Phi) is 6.22. The Bertz CT molecular complexity index is 742. The number of ether oxygens (including phenoxy) is 2. The molecule has 26 heavy (non-hydrogen) atoms. The molecule has 1 unspecified atom stereocenters. The maximum atomic E-state index is 12.2. The highest BCUT2D eigenvalue weighted by atomic mass is 16.5. The van der Waals surface area contributed by atoms with Gasteiger partial charge < -0.3 is 20.1 Å². The zero-order chi connectivity index (χ0) is 18.2. The molecule has 2 aromatic rings. The van der Waals surface area contributed by atoms with Crippen LogP contribution in [0.2, 0.25) is 0 Å². The summed E-state index contributed by atoms with van der Waals surface area (Å²) in [5, 5.41) is 5.47. The van der Waals surface area contributed by atoms with Crippen LogP contribution in [-0.2, 0) is 14.3 Å². The molecule has 2 amide bonds. The van der Waals surface area contributed by atoms with E-state index in [0.717, 1.165) is 19.4 Å². The highest BCUT2D eigenvalue weighted by molar-refractivity contribution is 6.04. The summed E-state index contributed by atoms with van der Waals surface area (Å²) >= 11 is 0. The van der Waals surface area contributed by atoms with E-state index in [2.05, 4.69) is 10.6 Å². The van der Waals surface area contributed by atoms with Crippen LogP contribution in [-0.4, -0.2) is 31.1 Å². The van der Waals surface area contributed by atoms with E-state index in [1.54, 1.807) is 18.2 Å².